The van der Waals surface area contributed by atoms with Crippen molar-refractivity contribution in [2.75, 3.05) is 19.8 Å². The Bertz CT molecular complexity index is 374. The van der Waals surface area contributed by atoms with Gasteiger partial charge >= 0.3 is 0 Å². The van der Waals surface area contributed by atoms with E-state index in [1.54, 1.807) is 18.2 Å². The molecule has 16 heavy (non-hydrogen) atoms. The second-order valence-electron chi connectivity index (χ2n) is 3.15. The van der Waals surface area contributed by atoms with Crippen LogP contribution >= 0.6 is 11.6 Å². The van der Waals surface area contributed by atoms with Gasteiger partial charge in [-0.1, -0.05) is 11.6 Å². The molecule has 1 rings (SSSR count). The second kappa shape index (κ2) is 7.10. The van der Waals surface area contributed by atoms with Crippen LogP contribution in [0.1, 0.15) is 18.9 Å². The summed E-state index contributed by atoms with van der Waals surface area (Å²) in [5.74, 6) is 0.681. The van der Waals surface area contributed by atoms with Crippen molar-refractivity contribution in [3.05, 3.63) is 28.8 Å². The molecule has 0 aliphatic carbocycles. The van der Waals surface area contributed by atoms with E-state index in [9.17, 15) is 0 Å². The van der Waals surface area contributed by atoms with Crippen LogP contribution in [0.2, 0.25) is 5.02 Å². The Labute approximate surface area is 101 Å². The highest BCUT2D eigenvalue weighted by Crippen LogP contribution is 2.21. The third-order valence-corrected chi connectivity index (χ3v) is 2.28. The van der Waals surface area contributed by atoms with Gasteiger partial charge in [0.25, 0.3) is 0 Å². The maximum absolute atomic E-state index is 8.69. The molecule has 0 saturated carbocycles. The van der Waals surface area contributed by atoms with Crippen LogP contribution in [-0.2, 0) is 4.74 Å². The van der Waals surface area contributed by atoms with Crippen molar-refractivity contribution >= 4 is 11.6 Å². The van der Waals surface area contributed by atoms with Crippen LogP contribution in [0.3, 0.4) is 0 Å². The first-order valence-electron chi connectivity index (χ1n) is 5.18. The SMILES string of the molecule is CCOCCCOc1ccc(C#N)c(Cl)c1. The molecule has 0 saturated heterocycles. The molecule has 1 aromatic rings. The van der Waals surface area contributed by atoms with Gasteiger partial charge in [0.05, 0.1) is 17.2 Å². The Kier molecular flexibility index (Phi) is 5.69. The molecule has 0 unspecified atom stereocenters. The molecule has 0 aliphatic rings. The predicted molar refractivity (Wildman–Crippen MR) is 62.8 cm³/mol. The molecular weight excluding hydrogens is 226 g/mol. The van der Waals surface area contributed by atoms with Crippen molar-refractivity contribution < 1.29 is 9.47 Å². The summed E-state index contributed by atoms with van der Waals surface area (Å²) in [6.45, 7) is 3.96. The maximum Gasteiger partial charge on any atom is 0.120 e. The Morgan fingerprint density at radius 2 is 2.19 bits per heavy atom. The Morgan fingerprint density at radius 3 is 2.81 bits per heavy atom. The number of hydrogen-bond acceptors (Lipinski definition) is 3. The number of ether oxygens (including phenoxy) is 2. The minimum atomic E-state index is 0.421. The first-order valence-corrected chi connectivity index (χ1v) is 5.56. The molecule has 0 heterocycles. The van der Waals surface area contributed by atoms with Gasteiger partial charge in [-0.25, -0.2) is 0 Å². The molecule has 0 aromatic heterocycles. The lowest BCUT2D eigenvalue weighted by Crippen LogP contribution is -2.02. The first-order chi connectivity index (χ1) is 7.77. The van der Waals surface area contributed by atoms with Gasteiger partial charge in [-0.2, -0.15) is 5.26 Å². The van der Waals surface area contributed by atoms with Crippen LogP contribution in [0, 0.1) is 11.3 Å². The zero-order valence-electron chi connectivity index (χ0n) is 9.20. The number of nitrogens with zero attached hydrogens (tertiary/aromatic N) is 1. The third kappa shape index (κ3) is 4.09. The molecule has 0 radical (unpaired) electrons. The number of rotatable bonds is 6. The smallest absolute Gasteiger partial charge is 0.120 e. The van der Waals surface area contributed by atoms with E-state index in [4.69, 9.17) is 26.3 Å². The number of nitriles is 1. The Balaban J connectivity index is 2.38. The van der Waals surface area contributed by atoms with Gasteiger partial charge in [0.15, 0.2) is 0 Å². The Morgan fingerprint density at radius 1 is 1.38 bits per heavy atom. The van der Waals surface area contributed by atoms with Crippen molar-refractivity contribution in [2.24, 2.45) is 0 Å². The van der Waals surface area contributed by atoms with E-state index in [0.29, 0.717) is 29.5 Å². The van der Waals surface area contributed by atoms with Gasteiger partial charge in [0.2, 0.25) is 0 Å². The van der Waals surface area contributed by atoms with Crippen LogP contribution in [0.15, 0.2) is 18.2 Å². The second-order valence-corrected chi connectivity index (χ2v) is 3.56. The van der Waals surface area contributed by atoms with E-state index in [1.807, 2.05) is 13.0 Å². The lowest BCUT2D eigenvalue weighted by molar-refractivity contribution is 0.131. The van der Waals surface area contributed by atoms with Crippen LogP contribution in [0.4, 0.5) is 0 Å². The summed E-state index contributed by atoms with van der Waals surface area (Å²) in [4.78, 5) is 0. The third-order valence-electron chi connectivity index (χ3n) is 1.97. The van der Waals surface area contributed by atoms with Gasteiger partial charge in [0, 0.05) is 25.7 Å². The van der Waals surface area contributed by atoms with Crippen molar-refractivity contribution in [2.45, 2.75) is 13.3 Å². The zero-order chi connectivity index (χ0) is 11.8. The van der Waals surface area contributed by atoms with Crippen LogP contribution in [0.25, 0.3) is 0 Å². The van der Waals surface area contributed by atoms with Crippen molar-refractivity contribution in [1.29, 1.82) is 5.26 Å². The van der Waals surface area contributed by atoms with Crippen molar-refractivity contribution in [3.8, 4) is 11.8 Å². The molecule has 86 valence electrons. The topological polar surface area (TPSA) is 42.2 Å². The summed E-state index contributed by atoms with van der Waals surface area (Å²) in [5, 5.41) is 9.11. The fourth-order valence-electron chi connectivity index (χ4n) is 1.17. The lowest BCUT2D eigenvalue weighted by Gasteiger charge is -2.06. The summed E-state index contributed by atoms with van der Waals surface area (Å²) in [7, 11) is 0. The fourth-order valence-corrected chi connectivity index (χ4v) is 1.38. The van der Waals surface area contributed by atoms with Crippen molar-refractivity contribution in [3.63, 3.8) is 0 Å². The summed E-state index contributed by atoms with van der Waals surface area (Å²) in [5.41, 5.74) is 0.461. The van der Waals surface area contributed by atoms with Gasteiger partial charge in [-0.05, 0) is 19.1 Å². The van der Waals surface area contributed by atoms with Gasteiger partial charge in [-0.15, -0.1) is 0 Å². The molecule has 1 aromatic carbocycles. The molecule has 0 N–H and O–H groups in total. The molecule has 0 spiro atoms. The average Bonchev–Trinajstić information content (AvgIpc) is 2.29. The van der Waals surface area contributed by atoms with E-state index in [1.165, 1.54) is 0 Å². The van der Waals surface area contributed by atoms with Crippen molar-refractivity contribution in [1.82, 2.24) is 0 Å². The fraction of sp³-hybridized carbons (Fsp3) is 0.417. The van der Waals surface area contributed by atoms with E-state index < -0.39 is 0 Å². The lowest BCUT2D eigenvalue weighted by atomic mass is 10.2. The standard InChI is InChI=1S/C12H14ClNO2/c1-2-15-6-3-7-16-11-5-4-10(9-14)12(13)8-11/h4-5,8H,2-3,6-7H2,1H3. The molecule has 0 fully saturated rings. The highest BCUT2D eigenvalue weighted by Gasteiger charge is 2.01. The maximum atomic E-state index is 8.69. The normalized spacial score (nSPS) is 9.81. The number of benzene rings is 1. The molecular formula is C12H14ClNO2. The molecule has 0 bridgehead atoms. The van der Waals surface area contributed by atoms with Gasteiger partial charge < -0.3 is 9.47 Å². The molecule has 0 atom stereocenters. The first kappa shape index (κ1) is 12.8. The Hall–Kier alpha value is -1.24. The molecule has 0 amide bonds. The zero-order valence-corrected chi connectivity index (χ0v) is 9.96. The molecule has 0 aliphatic heterocycles. The van der Waals surface area contributed by atoms with Crippen LogP contribution in [-0.4, -0.2) is 19.8 Å². The van der Waals surface area contributed by atoms with Crippen LogP contribution in [0.5, 0.6) is 5.75 Å². The summed E-state index contributed by atoms with van der Waals surface area (Å²) >= 11 is 5.86. The summed E-state index contributed by atoms with van der Waals surface area (Å²) < 4.78 is 10.6. The number of halogens is 1. The van der Waals surface area contributed by atoms with Gasteiger partial charge in [0.1, 0.15) is 11.8 Å². The largest absolute Gasteiger partial charge is 0.493 e. The van der Waals surface area contributed by atoms with Gasteiger partial charge in [-0.3, -0.25) is 0 Å². The van der Waals surface area contributed by atoms with E-state index >= 15 is 0 Å². The average molecular weight is 240 g/mol. The van der Waals surface area contributed by atoms with E-state index in [2.05, 4.69) is 0 Å². The predicted octanol–water partition coefficient (Wildman–Crippen LogP) is 3.02. The summed E-state index contributed by atoms with van der Waals surface area (Å²) in [6, 6.07) is 7.05. The minimum absolute atomic E-state index is 0.421. The monoisotopic (exact) mass is 239 g/mol. The highest BCUT2D eigenvalue weighted by atomic mass is 35.5. The molecule has 3 nitrogen and oxygen atoms in total. The molecule has 4 heteroatoms. The van der Waals surface area contributed by atoms with Crippen LogP contribution < -0.4 is 4.74 Å². The highest BCUT2D eigenvalue weighted by molar-refractivity contribution is 6.31. The quantitative estimate of drug-likeness (QED) is 0.717. The summed E-state index contributed by atoms with van der Waals surface area (Å²) in [6.07, 6.45) is 0.839. The number of hydrogen-bond donors (Lipinski definition) is 0. The van der Waals surface area contributed by atoms with E-state index in [0.717, 1.165) is 13.0 Å². The minimum Gasteiger partial charge on any atom is -0.493 e. The van der Waals surface area contributed by atoms with E-state index in [-0.39, 0.29) is 0 Å².